The zero-order valence-corrected chi connectivity index (χ0v) is 12.9. The van der Waals surface area contributed by atoms with Gasteiger partial charge in [-0.2, -0.15) is 0 Å². The maximum absolute atomic E-state index is 5.11. The van der Waals surface area contributed by atoms with E-state index in [1.807, 2.05) is 0 Å². The molecular formula is C8H7I3O. The number of hydrogen-bond acceptors (Lipinski definition) is 1. The lowest BCUT2D eigenvalue weighted by Gasteiger charge is -2.05. The topological polar surface area (TPSA) is 9.23 Å². The molecule has 12 heavy (non-hydrogen) atoms. The first-order chi connectivity index (χ1) is 5.65. The Hall–Kier alpha value is 1.37. The number of halogens is 3. The van der Waals surface area contributed by atoms with E-state index in [9.17, 15) is 0 Å². The molecule has 0 aliphatic rings. The van der Waals surface area contributed by atoms with Crippen LogP contribution in [0.5, 0.6) is 0 Å². The van der Waals surface area contributed by atoms with E-state index in [1.165, 1.54) is 16.3 Å². The van der Waals surface area contributed by atoms with Crippen LogP contribution in [0.2, 0.25) is 0 Å². The SMILES string of the molecule is COCc1cc(I)cc(I)c1I. The molecule has 0 N–H and O–H groups in total. The normalized spacial score (nSPS) is 10.3. The van der Waals surface area contributed by atoms with Crippen molar-refractivity contribution in [2.75, 3.05) is 7.11 Å². The van der Waals surface area contributed by atoms with Crippen molar-refractivity contribution in [3.8, 4) is 0 Å². The number of hydrogen-bond donors (Lipinski definition) is 0. The van der Waals surface area contributed by atoms with Gasteiger partial charge in [0.15, 0.2) is 0 Å². The molecule has 0 saturated carbocycles. The van der Waals surface area contributed by atoms with Crippen molar-refractivity contribution in [1.29, 1.82) is 0 Å². The first-order valence-corrected chi connectivity index (χ1v) is 6.51. The Labute approximate surface area is 113 Å². The zero-order chi connectivity index (χ0) is 9.14. The second-order valence-electron chi connectivity index (χ2n) is 2.29. The molecule has 0 aliphatic carbocycles. The molecule has 0 bridgehead atoms. The number of ether oxygens (including phenoxy) is 1. The molecule has 0 saturated heterocycles. The minimum atomic E-state index is 0.700. The summed E-state index contributed by atoms with van der Waals surface area (Å²) < 4.78 is 8.97. The maximum atomic E-state index is 5.11. The summed E-state index contributed by atoms with van der Waals surface area (Å²) in [5, 5.41) is 0. The van der Waals surface area contributed by atoms with Gasteiger partial charge in [0.1, 0.15) is 0 Å². The van der Waals surface area contributed by atoms with E-state index in [4.69, 9.17) is 4.74 Å². The summed E-state index contributed by atoms with van der Waals surface area (Å²) in [6, 6.07) is 4.33. The predicted octanol–water partition coefficient (Wildman–Crippen LogP) is 3.65. The number of methoxy groups -OCH3 is 1. The molecule has 0 atom stereocenters. The van der Waals surface area contributed by atoms with E-state index in [-0.39, 0.29) is 0 Å². The first-order valence-electron chi connectivity index (χ1n) is 3.27. The van der Waals surface area contributed by atoms with Crippen molar-refractivity contribution < 1.29 is 4.74 Å². The Morgan fingerprint density at radius 3 is 2.50 bits per heavy atom. The van der Waals surface area contributed by atoms with Gasteiger partial charge >= 0.3 is 0 Å². The predicted molar refractivity (Wildman–Crippen MR) is 75.3 cm³/mol. The second-order valence-corrected chi connectivity index (χ2v) is 5.78. The van der Waals surface area contributed by atoms with Crippen LogP contribution in [-0.2, 0) is 11.3 Å². The molecule has 1 aromatic carbocycles. The van der Waals surface area contributed by atoms with E-state index in [2.05, 4.69) is 79.9 Å². The van der Waals surface area contributed by atoms with E-state index >= 15 is 0 Å². The molecule has 0 aromatic heterocycles. The summed E-state index contributed by atoms with van der Waals surface area (Å²) in [5.74, 6) is 0. The summed E-state index contributed by atoms with van der Waals surface area (Å²) in [6.45, 7) is 0.700. The molecule has 4 heteroatoms. The molecule has 0 unspecified atom stereocenters. The molecule has 0 fully saturated rings. The van der Waals surface area contributed by atoms with E-state index in [0.717, 1.165) is 0 Å². The molecule has 1 aromatic rings. The second kappa shape index (κ2) is 5.30. The van der Waals surface area contributed by atoms with Gasteiger partial charge in [0.05, 0.1) is 6.61 Å². The maximum Gasteiger partial charge on any atom is 0.0724 e. The summed E-state index contributed by atoms with van der Waals surface area (Å²) >= 11 is 7.03. The highest BCUT2D eigenvalue weighted by Crippen LogP contribution is 2.23. The molecule has 0 heterocycles. The number of rotatable bonds is 2. The minimum Gasteiger partial charge on any atom is -0.380 e. The fourth-order valence-electron chi connectivity index (χ4n) is 0.870. The Morgan fingerprint density at radius 1 is 1.25 bits per heavy atom. The van der Waals surface area contributed by atoms with Gasteiger partial charge in [-0.15, -0.1) is 0 Å². The Kier molecular flexibility index (Phi) is 5.05. The quantitative estimate of drug-likeness (QED) is 0.446. The van der Waals surface area contributed by atoms with Gasteiger partial charge in [0.25, 0.3) is 0 Å². The van der Waals surface area contributed by atoms with Crippen molar-refractivity contribution >= 4 is 67.8 Å². The van der Waals surface area contributed by atoms with Crippen molar-refractivity contribution in [2.45, 2.75) is 6.61 Å². The highest BCUT2D eigenvalue weighted by atomic mass is 127. The fourth-order valence-corrected chi connectivity index (χ4v) is 3.30. The van der Waals surface area contributed by atoms with Crippen LogP contribution in [0.25, 0.3) is 0 Å². The third-order valence-electron chi connectivity index (χ3n) is 1.37. The Bertz CT molecular complexity index is 286. The van der Waals surface area contributed by atoms with Crippen molar-refractivity contribution in [1.82, 2.24) is 0 Å². The van der Waals surface area contributed by atoms with Crippen molar-refractivity contribution in [3.63, 3.8) is 0 Å². The molecule has 66 valence electrons. The third-order valence-corrected chi connectivity index (χ3v) is 5.15. The average molecular weight is 500 g/mol. The van der Waals surface area contributed by atoms with Crippen LogP contribution in [0.1, 0.15) is 5.56 Å². The van der Waals surface area contributed by atoms with Crippen molar-refractivity contribution in [2.24, 2.45) is 0 Å². The van der Waals surface area contributed by atoms with Crippen LogP contribution in [0.4, 0.5) is 0 Å². The van der Waals surface area contributed by atoms with Gasteiger partial charge in [-0.05, 0) is 85.5 Å². The fraction of sp³-hybridized carbons (Fsp3) is 0.250. The smallest absolute Gasteiger partial charge is 0.0724 e. The molecule has 0 aliphatic heterocycles. The van der Waals surface area contributed by atoms with E-state index in [1.54, 1.807) is 7.11 Å². The lowest BCUT2D eigenvalue weighted by Crippen LogP contribution is -1.95. The highest BCUT2D eigenvalue weighted by molar-refractivity contribution is 14.1. The van der Waals surface area contributed by atoms with Gasteiger partial charge in [0, 0.05) is 17.8 Å². The van der Waals surface area contributed by atoms with Crippen molar-refractivity contribution in [3.05, 3.63) is 28.4 Å². The minimum absolute atomic E-state index is 0.700. The molecule has 0 amide bonds. The average Bonchev–Trinajstić information content (AvgIpc) is 2.00. The molecule has 0 radical (unpaired) electrons. The van der Waals surface area contributed by atoms with Crippen LogP contribution in [0.3, 0.4) is 0 Å². The van der Waals surface area contributed by atoms with Gasteiger partial charge in [-0.25, -0.2) is 0 Å². The van der Waals surface area contributed by atoms with Gasteiger partial charge in [-0.3, -0.25) is 0 Å². The van der Waals surface area contributed by atoms with Gasteiger partial charge in [-0.1, -0.05) is 0 Å². The third kappa shape index (κ3) is 2.95. The molecular weight excluding hydrogens is 493 g/mol. The lowest BCUT2D eigenvalue weighted by atomic mass is 10.2. The highest BCUT2D eigenvalue weighted by Gasteiger charge is 2.04. The monoisotopic (exact) mass is 500 g/mol. The molecule has 0 spiro atoms. The summed E-state index contributed by atoms with van der Waals surface area (Å²) in [7, 11) is 1.73. The van der Waals surface area contributed by atoms with Crippen LogP contribution >= 0.6 is 67.8 Å². The van der Waals surface area contributed by atoms with Crippen LogP contribution in [-0.4, -0.2) is 7.11 Å². The molecule has 1 nitrogen and oxygen atoms in total. The standard InChI is InChI=1S/C8H7I3O/c1-12-4-5-2-6(9)3-7(10)8(5)11/h2-3H,4H2,1H3. The van der Waals surface area contributed by atoms with Gasteiger partial charge < -0.3 is 4.74 Å². The van der Waals surface area contributed by atoms with E-state index in [0.29, 0.717) is 6.61 Å². The first kappa shape index (κ1) is 11.4. The van der Waals surface area contributed by atoms with Crippen LogP contribution < -0.4 is 0 Å². The Balaban J connectivity index is 3.09. The largest absolute Gasteiger partial charge is 0.380 e. The Morgan fingerprint density at radius 2 is 1.92 bits per heavy atom. The zero-order valence-electron chi connectivity index (χ0n) is 6.40. The number of benzene rings is 1. The summed E-state index contributed by atoms with van der Waals surface area (Å²) in [5.41, 5.74) is 1.27. The van der Waals surface area contributed by atoms with Gasteiger partial charge in [0.2, 0.25) is 0 Å². The van der Waals surface area contributed by atoms with E-state index < -0.39 is 0 Å². The van der Waals surface area contributed by atoms with Crippen LogP contribution in [0, 0.1) is 10.7 Å². The molecule has 1 rings (SSSR count). The lowest BCUT2D eigenvalue weighted by molar-refractivity contribution is 0.184. The summed E-state index contributed by atoms with van der Waals surface area (Å²) in [4.78, 5) is 0. The van der Waals surface area contributed by atoms with Crippen LogP contribution in [0.15, 0.2) is 12.1 Å². The summed E-state index contributed by atoms with van der Waals surface area (Å²) in [6.07, 6.45) is 0.